The predicted molar refractivity (Wildman–Crippen MR) is 118 cm³/mol. The number of ketones is 1. The van der Waals surface area contributed by atoms with Gasteiger partial charge in [-0.15, -0.1) is 0 Å². The number of aliphatic carboxylic acids is 1. The molecule has 0 saturated heterocycles. The number of hydrogen-bond acceptors (Lipinski definition) is 2. The number of fused-ring (bicyclic) bond motifs is 1. The molecule has 0 spiro atoms. The lowest BCUT2D eigenvalue weighted by Gasteiger charge is -2.52. The van der Waals surface area contributed by atoms with E-state index in [0.717, 1.165) is 44.4 Å². The van der Waals surface area contributed by atoms with Crippen molar-refractivity contribution < 1.29 is 14.7 Å². The highest BCUT2D eigenvalue weighted by Crippen LogP contribution is 2.64. The van der Waals surface area contributed by atoms with E-state index in [4.69, 9.17) is 0 Å². The third-order valence-electron chi connectivity index (χ3n) is 9.24. The molecule has 3 aliphatic carbocycles. The van der Waals surface area contributed by atoms with Gasteiger partial charge in [-0.2, -0.15) is 0 Å². The van der Waals surface area contributed by atoms with Crippen LogP contribution in [0.25, 0.3) is 0 Å². The van der Waals surface area contributed by atoms with Crippen molar-refractivity contribution >= 4 is 11.8 Å². The Morgan fingerprint density at radius 1 is 1.10 bits per heavy atom. The molecule has 0 aromatic rings. The number of carbonyl (C=O) groups is 2. The average Bonchev–Trinajstić information content (AvgIpc) is 2.99. The Kier molecular flexibility index (Phi) is 6.65. The lowest BCUT2D eigenvalue weighted by molar-refractivity contribution is -0.159. The van der Waals surface area contributed by atoms with Crippen molar-refractivity contribution in [3.05, 3.63) is 12.2 Å². The number of carboxylic acids is 1. The molecular formula is C26H42O3. The molecule has 0 radical (unpaired) electrons. The van der Waals surface area contributed by atoms with Crippen LogP contribution in [0.15, 0.2) is 12.2 Å². The van der Waals surface area contributed by atoms with E-state index < -0.39 is 11.4 Å². The van der Waals surface area contributed by atoms with Gasteiger partial charge >= 0.3 is 5.97 Å². The Bertz CT molecular complexity index is 650. The zero-order valence-electron chi connectivity index (χ0n) is 19.2. The Balaban J connectivity index is 1.80. The first kappa shape index (κ1) is 22.6. The maximum Gasteiger partial charge on any atom is 0.307 e. The normalized spacial score (nSPS) is 40.8. The van der Waals surface area contributed by atoms with E-state index >= 15 is 0 Å². The van der Waals surface area contributed by atoms with Crippen LogP contribution in [0.3, 0.4) is 0 Å². The van der Waals surface area contributed by atoms with E-state index in [1.54, 1.807) is 6.08 Å². The number of allylic oxidation sites excluding steroid dienone is 2. The van der Waals surface area contributed by atoms with Gasteiger partial charge in [-0.1, -0.05) is 60.0 Å². The average molecular weight is 403 g/mol. The Morgan fingerprint density at radius 3 is 2.45 bits per heavy atom. The van der Waals surface area contributed by atoms with Crippen LogP contribution in [0.5, 0.6) is 0 Å². The highest BCUT2D eigenvalue weighted by molar-refractivity contribution is 5.96. The van der Waals surface area contributed by atoms with Crippen molar-refractivity contribution in [3.8, 4) is 0 Å². The third kappa shape index (κ3) is 4.08. The highest BCUT2D eigenvalue weighted by atomic mass is 16.4. The summed E-state index contributed by atoms with van der Waals surface area (Å²) in [4.78, 5) is 25.4. The molecule has 0 amide bonds. The van der Waals surface area contributed by atoms with Crippen molar-refractivity contribution in [3.63, 3.8) is 0 Å². The molecule has 0 aliphatic heterocycles. The van der Waals surface area contributed by atoms with E-state index in [9.17, 15) is 14.7 Å². The molecule has 3 aliphatic rings. The Morgan fingerprint density at radius 2 is 1.83 bits per heavy atom. The Labute approximate surface area is 177 Å². The summed E-state index contributed by atoms with van der Waals surface area (Å²) in [5, 5.41) is 10.3. The largest absolute Gasteiger partial charge is 0.481 e. The van der Waals surface area contributed by atoms with E-state index in [1.165, 1.54) is 19.3 Å². The van der Waals surface area contributed by atoms with Crippen molar-refractivity contribution in [1.82, 2.24) is 0 Å². The second kappa shape index (κ2) is 8.55. The van der Waals surface area contributed by atoms with Crippen LogP contribution >= 0.6 is 0 Å². The lowest BCUT2D eigenvalue weighted by atomic mass is 9.50. The van der Waals surface area contributed by atoms with Crippen LogP contribution in [0, 0.1) is 46.3 Å². The second-order valence-electron chi connectivity index (χ2n) is 11.3. The van der Waals surface area contributed by atoms with Crippen molar-refractivity contribution in [2.24, 2.45) is 46.3 Å². The SMILES string of the molecule is CC(C)CCC[C@H](C)[C@@H]1CC[C@@H]2[C@H](C(=O)O)[C@H]([C@@]3(C)CCC=CC3=O)CC[C@@]21C. The number of hydrogen-bond donors (Lipinski definition) is 1. The molecule has 7 atom stereocenters. The van der Waals surface area contributed by atoms with Gasteiger partial charge < -0.3 is 5.11 Å². The fourth-order valence-corrected chi connectivity index (χ4v) is 7.48. The molecule has 1 N–H and O–H groups in total. The van der Waals surface area contributed by atoms with Gasteiger partial charge in [-0.05, 0) is 79.6 Å². The van der Waals surface area contributed by atoms with Crippen LogP contribution in [0.2, 0.25) is 0 Å². The van der Waals surface area contributed by atoms with Gasteiger partial charge in [0.2, 0.25) is 0 Å². The van der Waals surface area contributed by atoms with E-state index in [0.29, 0.717) is 11.8 Å². The number of rotatable bonds is 7. The molecule has 3 rings (SSSR count). The minimum absolute atomic E-state index is 0.0227. The maximum absolute atomic E-state index is 12.8. The van der Waals surface area contributed by atoms with Gasteiger partial charge in [0.1, 0.15) is 0 Å². The van der Waals surface area contributed by atoms with Gasteiger partial charge in [0.05, 0.1) is 5.92 Å². The summed E-state index contributed by atoms with van der Waals surface area (Å²) < 4.78 is 0. The van der Waals surface area contributed by atoms with Gasteiger partial charge in [0.15, 0.2) is 5.78 Å². The zero-order valence-corrected chi connectivity index (χ0v) is 19.2. The molecule has 2 saturated carbocycles. The fraction of sp³-hybridized carbons (Fsp3) is 0.846. The van der Waals surface area contributed by atoms with Crippen LogP contribution in [0.1, 0.15) is 92.4 Å². The maximum atomic E-state index is 12.8. The summed E-state index contributed by atoms with van der Waals surface area (Å²) >= 11 is 0. The van der Waals surface area contributed by atoms with Crippen LogP contribution in [0.4, 0.5) is 0 Å². The third-order valence-corrected chi connectivity index (χ3v) is 9.24. The molecule has 0 aromatic carbocycles. The fourth-order valence-electron chi connectivity index (χ4n) is 7.48. The molecule has 3 heteroatoms. The molecular weight excluding hydrogens is 360 g/mol. The molecule has 29 heavy (non-hydrogen) atoms. The minimum atomic E-state index is -0.664. The first-order valence-electron chi connectivity index (χ1n) is 12.0. The zero-order chi connectivity index (χ0) is 21.4. The summed E-state index contributed by atoms with van der Waals surface area (Å²) in [5.41, 5.74) is -0.388. The molecule has 0 heterocycles. The van der Waals surface area contributed by atoms with Crippen LogP contribution < -0.4 is 0 Å². The summed E-state index contributed by atoms with van der Waals surface area (Å²) in [6.45, 7) is 11.4. The standard InChI is InChI=1S/C26H42O3/c1-17(2)9-8-10-18(3)19-12-13-20-23(24(28)29)21(14-16-25(19,20)4)26(5)15-7-6-11-22(26)27/h6,11,17-21,23H,7-10,12-16H2,1-5H3,(H,28,29)/t18-,19-,20+,21+,23-,25+,26+/m0/s1. The molecule has 0 aromatic heterocycles. The van der Waals surface area contributed by atoms with Gasteiger partial charge in [0, 0.05) is 5.41 Å². The minimum Gasteiger partial charge on any atom is -0.481 e. The first-order chi connectivity index (χ1) is 13.6. The summed E-state index contributed by atoms with van der Waals surface area (Å²) in [6, 6.07) is 0. The molecule has 2 fully saturated rings. The monoisotopic (exact) mass is 402 g/mol. The molecule has 164 valence electrons. The van der Waals surface area contributed by atoms with Gasteiger partial charge in [-0.25, -0.2) is 0 Å². The van der Waals surface area contributed by atoms with Crippen molar-refractivity contribution in [2.45, 2.75) is 92.4 Å². The van der Waals surface area contributed by atoms with Crippen LogP contribution in [-0.2, 0) is 9.59 Å². The van der Waals surface area contributed by atoms with Crippen molar-refractivity contribution in [2.75, 3.05) is 0 Å². The first-order valence-corrected chi connectivity index (χ1v) is 12.0. The van der Waals surface area contributed by atoms with Gasteiger partial charge in [0.25, 0.3) is 0 Å². The quantitative estimate of drug-likeness (QED) is 0.527. The number of carbonyl (C=O) groups excluding carboxylic acids is 1. The topological polar surface area (TPSA) is 54.4 Å². The van der Waals surface area contributed by atoms with E-state index in [1.807, 2.05) is 13.0 Å². The van der Waals surface area contributed by atoms with Crippen LogP contribution in [-0.4, -0.2) is 16.9 Å². The summed E-state index contributed by atoms with van der Waals surface area (Å²) in [6.07, 6.45) is 13.3. The smallest absolute Gasteiger partial charge is 0.307 e. The second-order valence-corrected chi connectivity index (χ2v) is 11.3. The summed E-state index contributed by atoms with van der Waals surface area (Å²) in [7, 11) is 0. The Hall–Kier alpha value is -1.12. The highest BCUT2D eigenvalue weighted by Gasteiger charge is 2.60. The molecule has 0 bridgehead atoms. The van der Waals surface area contributed by atoms with Crippen molar-refractivity contribution in [1.29, 1.82) is 0 Å². The molecule has 3 nitrogen and oxygen atoms in total. The molecule has 0 unspecified atom stereocenters. The van der Waals surface area contributed by atoms with E-state index in [2.05, 4.69) is 27.7 Å². The number of carboxylic acid groups (broad SMARTS) is 1. The summed E-state index contributed by atoms with van der Waals surface area (Å²) in [5.74, 6) is 1.34. The van der Waals surface area contributed by atoms with E-state index in [-0.39, 0.29) is 29.0 Å². The predicted octanol–water partition coefficient (Wildman–Crippen LogP) is 6.52. The van der Waals surface area contributed by atoms with Gasteiger partial charge in [-0.3, -0.25) is 9.59 Å². The lowest BCUT2D eigenvalue weighted by Crippen LogP contribution is -2.52.